The largest absolute Gasteiger partial charge is 0.410 e. The van der Waals surface area contributed by atoms with Gasteiger partial charge in [-0.05, 0) is 11.8 Å². The predicted octanol–water partition coefficient (Wildman–Crippen LogP) is 0.712. The standard InChI is InChI=1S/C3H8FN2O3PS2/c1-5(3(4)7)12-6(2)10(8,9)11/h1-2H3,(H2,8,9,11). The molecule has 5 nitrogen and oxygen atoms in total. The fourth-order valence-electron chi connectivity index (χ4n) is 0.257. The van der Waals surface area contributed by atoms with Crippen LogP contribution in [0.4, 0.5) is 9.18 Å². The second-order valence-electron chi connectivity index (χ2n) is 1.81. The minimum absolute atomic E-state index is 0.502. The van der Waals surface area contributed by atoms with Crippen molar-refractivity contribution in [3.8, 4) is 0 Å². The Morgan fingerprint density at radius 1 is 1.58 bits per heavy atom. The lowest BCUT2D eigenvalue weighted by Gasteiger charge is -2.22. The van der Waals surface area contributed by atoms with Crippen molar-refractivity contribution in [2.75, 3.05) is 14.1 Å². The van der Waals surface area contributed by atoms with Crippen LogP contribution in [-0.2, 0) is 11.8 Å². The van der Waals surface area contributed by atoms with Crippen LogP contribution in [0.25, 0.3) is 0 Å². The van der Waals surface area contributed by atoms with Crippen LogP contribution in [0.15, 0.2) is 0 Å². The van der Waals surface area contributed by atoms with Crippen LogP contribution in [0.5, 0.6) is 0 Å². The molecule has 0 unspecified atom stereocenters. The Bertz CT molecular complexity index is 222. The molecule has 0 aromatic rings. The molecule has 2 N–H and O–H groups in total. The number of amides is 1. The maximum Gasteiger partial charge on any atom is 0.410 e. The third-order valence-electron chi connectivity index (χ3n) is 0.855. The molecule has 0 bridgehead atoms. The Morgan fingerprint density at radius 2 is 2.00 bits per heavy atom. The first-order valence-corrected chi connectivity index (χ1v) is 6.05. The topological polar surface area (TPSA) is 64.0 Å². The molecule has 0 fully saturated rings. The van der Waals surface area contributed by atoms with Gasteiger partial charge in [-0.2, -0.15) is 4.08 Å². The summed E-state index contributed by atoms with van der Waals surface area (Å²) in [5.74, 6) is 0. The SMILES string of the molecule is CN(SN(C)P(O)(O)=S)C(=O)F. The number of nitrogens with zero attached hydrogens (tertiary/aromatic N) is 2. The van der Waals surface area contributed by atoms with E-state index < -0.39 is 12.8 Å². The molecule has 0 aliphatic rings. The maximum absolute atomic E-state index is 11.9. The molecule has 72 valence electrons. The molecular weight excluding hydrogens is 226 g/mol. The summed E-state index contributed by atoms with van der Waals surface area (Å²) in [6.07, 6.45) is -1.68. The van der Waals surface area contributed by atoms with Crippen LogP contribution in [0.1, 0.15) is 0 Å². The van der Waals surface area contributed by atoms with E-state index >= 15 is 0 Å². The molecule has 0 atom stereocenters. The third kappa shape index (κ3) is 4.34. The van der Waals surface area contributed by atoms with E-state index in [9.17, 15) is 9.18 Å². The van der Waals surface area contributed by atoms with Gasteiger partial charge in [0.15, 0.2) is 0 Å². The number of carbonyl (C=O) groups excluding carboxylic acids is 1. The van der Waals surface area contributed by atoms with Gasteiger partial charge in [0.1, 0.15) is 0 Å². The van der Waals surface area contributed by atoms with Gasteiger partial charge in [0, 0.05) is 14.1 Å². The lowest BCUT2D eigenvalue weighted by Crippen LogP contribution is -2.19. The van der Waals surface area contributed by atoms with Crippen molar-refractivity contribution in [2.24, 2.45) is 0 Å². The van der Waals surface area contributed by atoms with Crippen molar-refractivity contribution in [2.45, 2.75) is 0 Å². The van der Waals surface area contributed by atoms with E-state index in [0.29, 0.717) is 16.4 Å². The highest BCUT2D eigenvalue weighted by Crippen LogP contribution is 2.44. The summed E-state index contributed by atoms with van der Waals surface area (Å²) in [5, 5.41) is 0. The quantitative estimate of drug-likeness (QED) is 0.324. The summed E-state index contributed by atoms with van der Waals surface area (Å²) in [4.78, 5) is 27.7. The highest BCUT2D eigenvalue weighted by atomic mass is 32.5. The number of rotatable bonds is 3. The fourth-order valence-corrected chi connectivity index (χ4v) is 1.65. The molecule has 0 heterocycles. The molecule has 0 spiro atoms. The zero-order valence-electron chi connectivity index (χ0n) is 6.34. The van der Waals surface area contributed by atoms with E-state index in [-0.39, 0.29) is 0 Å². The maximum atomic E-state index is 11.9. The Hall–Kier alpha value is 0.280. The number of hydrogen-bond donors (Lipinski definition) is 2. The van der Waals surface area contributed by atoms with E-state index in [1.807, 2.05) is 0 Å². The number of halogens is 1. The summed E-state index contributed by atoms with van der Waals surface area (Å²) in [7, 11) is 2.40. The highest BCUT2D eigenvalue weighted by Gasteiger charge is 2.20. The van der Waals surface area contributed by atoms with Gasteiger partial charge in [0.2, 0.25) is 0 Å². The van der Waals surface area contributed by atoms with E-state index in [4.69, 9.17) is 9.79 Å². The normalized spacial score (nSPS) is 11.8. The molecule has 0 saturated heterocycles. The lowest BCUT2D eigenvalue weighted by molar-refractivity contribution is 0.209. The highest BCUT2D eigenvalue weighted by molar-refractivity contribution is 8.14. The van der Waals surface area contributed by atoms with Gasteiger partial charge in [-0.25, -0.2) is 9.10 Å². The van der Waals surface area contributed by atoms with E-state index in [1.54, 1.807) is 0 Å². The Morgan fingerprint density at radius 3 is 2.25 bits per heavy atom. The minimum Gasteiger partial charge on any atom is -0.333 e. The molecule has 0 aliphatic carbocycles. The summed E-state index contributed by atoms with van der Waals surface area (Å²) >= 11 is 4.78. The van der Waals surface area contributed by atoms with E-state index in [1.165, 1.54) is 7.05 Å². The average molecular weight is 234 g/mol. The van der Waals surface area contributed by atoms with Gasteiger partial charge >= 0.3 is 6.16 Å². The predicted molar refractivity (Wildman–Crippen MR) is 48.3 cm³/mol. The number of carbonyl (C=O) groups is 1. The van der Waals surface area contributed by atoms with Gasteiger partial charge in [-0.15, -0.1) is 4.39 Å². The van der Waals surface area contributed by atoms with Crippen LogP contribution in [0, 0.1) is 0 Å². The van der Waals surface area contributed by atoms with E-state index in [0.717, 1.165) is 11.1 Å². The summed E-state index contributed by atoms with van der Waals surface area (Å²) in [6.45, 7) is -3.58. The molecule has 0 aliphatic heterocycles. The van der Waals surface area contributed by atoms with Gasteiger partial charge in [-0.3, -0.25) is 0 Å². The average Bonchev–Trinajstić information content (AvgIpc) is 1.85. The van der Waals surface area contributed by atoms with Crippen LogP contribution in [-0.4, -0.2) is 38.4 Å². The summed E-state index contributed by atoms with van der Waals surface area (Å²) in [5.41, 5.74) is 0. The van der Waals surface area contributed by atoms with Crippen molar-refractivity contribution >= 4 is 36.7 Å². The minimum atomic E-state index is -3.58. The van der Waals surface area contributed by atoms with Crippen molar-refractivity contribution in [1.29, 1.82) is 0 Å². The van der Waals surface area contributed by atoms with Gasteiger partial charge < -0.3 is 9.79 Å². The molecule has 0 rings (SSSR count). The molecule has 0 aromatic heterocycles. The molecule has 9 heteroatoms. The van der Waals surface area contributed by atoms with Crippen molar-refractivity contribution in [3.63, 3.8) is 0 Å². The Kier molecular flexibility index (Phi) is 4.60. The Labute approximate surface area is 78.6 Å². The second kappa shape index (κ2) is 4.50. The van der Waals surface area contributed by atoms with Crippen LogP contribution >= 0.6 is 18.8 Å². The summed E-state index contributed by atoms with van der Waals surface area (Å²) in [6, 6.07) is 0. The number of hydrogen-bond acceptors (Lipinski definition) is 3. The monoisotopic (exact) mass is 234 g/mol. The van der Waals surface area contributed by atoms with Gasteiger partial charge in [0.25, 0.3) is 6.64 Å². The van der Waals surface area contributed by atoms with Crippen LogP contribution in [0.2, 0.25) is 0 Å². The molecule has 12 heavy (non-hydrogen) atoms. The Balaban J connectivity index is 4.11. The van der Waals surface area contributed by atoms with Gasteiger partial charge in [-0.1, -0.05) is 0 Å². The summed E-state index contributed by atoms with van der Waals surface area (Å²) < 4.78 is 13.3. The van der Waals surface area contributed by atoms with Crippen LogP contribution in [0.3, 0.4) is 0 Å². The lowest BCUT2D eigenvalue weighted by atomic mass is 11.2. The molecular formula is C3H8FN2O3PS2. The van der Waals surface area contributed by atoms with E-state index in [2.05, 4.69) is 11.8 Å². The fraction of sp³-hybridized carbons (Fsp3) is 0.667. The smallest absolute Gasteiger partial charge is 0.333 e. The van der Waals surface area contributed by atoms with Crippen molar-refractivity contribution in [1.82, 2.24) is 8.38 Å². The molecule has 1 amide bonds. The van der Waals surface area contributed by atoms with Crippen molar-refractivity contribution < 1.29 is 19.0 Å². The molecule has 0 saturated carbocycles. The van der Waals surface area contributed by atoms with Crippen LogP contribution < -0.4 is 0 Å². The zero-order valence-corrected chi connectivity index (χ0v) is 8.87. The first-order chi connectivity index (χ1) is 5.25. The van der Waals surface area contributed by atoms with Crippen molar-refractivity contribution in [3.05, 3.63) is 0 Å². The first-order valence-electron chi connectivity index (χ1n) is 2.66. The first kappa shape index (κ1) is 12.3. The second-order valence-corrected chi connectivity index (χ2v) is 6.44. The zero-order chi connectivity index (χ0) is 9.94. The third-order valence-corrected chi connectivity index (χ3v) is 4.16. The molecule has 0 aromatic carbocycles. The van der Waals surface area contributed by atoms with Gasteiger partial charge in [0.05, 0.1) is 12.1 Å². The molecule has 0 radical (unpaired) electrons.